The third-order valence-corrected chi connectivity index (χ3v) is 7.71. The van der Waals surface area contributed by atoms with Crippen molar-refractivity contribution in [2.75, 3.05) is 13.4 Å². The van der Waals surface area contributed by atoms with Crippen LogP contribution in [0.3, 0.4) is 0 Å². The smallest absolute Gasteiger partial charge is 0.344 e. The van der Waals surface area contributed by atoms with Crippen LogP contribution in [0.4, 0.5) is 11.5 Å². The van der Waals surface area contributed by atoms with E-state index in [1.807, 2.05) is 86.6 Å². The second-order valence-electron chi connectivity index (χ2n) is 10.1. The van der Waals surface area contributed by atoms with E-state index in [2.05, 4.69) is 0 Å². The summed E-state index contributed by atoms with van der Waals surface area (Å²) in [5.74, 6) is 2.57. The second-order valence-corrected chi connectivity index (χ2v) is 10.1. The number of aromatic nitrogens is 1. The van der Waals surface area contributed by atoms with Crippen molar-refractivity contribution in [1.29, 1.82) is 0 Å². The molecule has 1 spiro atoms. The topological polar surface area (TPSA) is 57.7 Å². The van der Waals surface area contributed by atoms with Gasteiger partial charge in [0, 0.05) is 40.6 Å². The van der Waals surface area contributed by atoms with Crippen molar-refractivity contribution in [2.24, 2.45) is 0 Å². The summed E-state index contributed by atoms with van der Waals surface area (Å²) in [5, 5.41) is 0. The molecule has 4 aromatic rings. The fraction of sp³-hybridized carbons (Fsp3) is 0.194. The summed E-state index contributed by atoms with van der Waals surface area (Å²) >= 11 is 0. The van der Waals surface area contributed by atoms with Crippen LogP contribution in [0, 0.1) is 20.8 Å². The molecule has 0 bridgehead atoms. The lowest BCUT2D eigenvalue weighted by Gasteiger charge is -2.32. The van der Waals surface area contributed by atoms with Crippen molar-refractivity contribution in [3.63, 3.8) is 0 Å². The highest BCUT2D eigenvalue weighted by atomic mass is 16.7. The van der Waals surface area contributed by atoms with Crippen LogP contribution in [0.25, 0.3) is 0 Å². The molecule has 4 heterocycles. The monoisotopic (exact) mass is 489 g/mol. The molecule has 0 N–H and O–H groups in total. The van der Waals surface area contributed by atoms with Crippen LogP contribution in [0.1, 0.15) is 33.5 Å². The van der Waals surface area contributed by atoms with E-state index in [4.69, 9.17) is 26.1 Å². The average Bonchev–Trinajstić information content (AvgIpc) is 3.54. The number of benzene rings is 3. The Balaban J connectivity index is 1.53. The van der Waals surface area contributed by atoms with Crippen LogP contribution in [-0.4, -0.2) is 24.3 Å². The van der Waals surface area contributed by atoms with Crippen LogP contribution >= 0.6 is 0 Å². The molecule has 1 aromatic heterocycles. The van der Waals surface area contributed by atoms with Gasteiger partial charge in [0.15, 0.2) is 22.6 Å². The molecule has 3 aromatic carbocycles. The van der Waals surface area contributed by atoms with Crippen molar-refractivity contribution >= 4 is 17.4 Å². The van der Waals surface area contributed by atoms with E-state index in [0.29, 0.717) is 35.2 Å². The number of ether oxygens (including phenoxy) is 3. The molecular weight excluding hydrogens is 464 g/mol. The number of pyridine rings is 1. The van der Waals surface area contributed by atoms with Gasteiger partial charge in [0.25, 0.3) is 0 Å². The van der Waals surface area contributed by atoms with Gasteiger partial charge in [-0.2, -0.15) is 4.48 Å². The van der Waals surface area contributed by atoms with Crippen molar-refractivity contribution in [1.82, 2.24) is 9.47 Å². The van der Waals surface area contributed by atoms with Crippen LogP contribution in [0.2, 0.25) is 0 Å². The lowest BCUT2D eigenvalue weighted by atomic mass is 9.77. The van der Waals surface area contributed by atoms with Gasteiger partial charge in [-0.1, -0.05) is 36.4 Å². The lowest BCUT2D eigenvalue weighted by Crippen LogP contribution is -2.53. The van der Waals surface area contributed by atoms with Crippen LogP contribution in [0.5, 0.6) is 17.2 Å². The second kappa shape index (κ2) is 7.67. The predicted octanol–water partition coefficient (Wildman–Crippen LogP) is 5.54. The first-order chi connectivity index (χ1) is 17.9. The first kappa shape index (κ1) is 22.1. The van der Waals surface area contributed by atoms with Gasteiger partial charge in [0.05, 0.1) is 0 Å². The Morgan fingerprint density at radius 2 is 1.70 bits per heavy atom. The molecule has 0 fully saturated rings. The average molecular weight is 490 g/mol. The molecule has 2 atom stereocenters. The highest BCUT2D eigenvalue weighted by Gasteiger charge is 2.68. The van der Waals surface area contributed by atoms with E-state index in [9.17, 15) is 0 Å². The zero-order chi connectivity index (χ0) is 25.4. The molecule has 0 saturated heterocycles. The number of fused-ring (bicyclic) bond motifs is 5. The van der Waals surface area contributed by atoms with Crippen LogP contribution < -0.4 is 18.7 Å². The van der Waals surface area contributed by atoms with Gasteiger partial charge in [-0.25, -0.2) is 9.78 Å². The molecular formula is C31H25N2O4+. The van der Waals surface area contributed by atoms with Crippen molar-refractivity contribution in [3.8, 4) is 17.2 Å². The first-order valence-corrected chi connectivity index (χ1v) is 12.3. The molecule has 0 aliphatic carbocycles. The standard InChI is InChI=1S/C31H25N2O4/c1-19-7-6-8-22(12-19)16-33(29-13-20(2)11-21(3)32-29)25-10-5-4-9-23(25)31(30(33)34)17-35-26-15-28-27(14-24(26)31)36-18-37-28/h1,4-15H,16-18H2,2-3H3/q+1. The third kappa shape index (κ3) is 2.96. The van der Waals surface area contributed by atoms with E-state index in [-0.39, 0.29) is 23.8 Å². The van der Waals surface area contributed by atoms with E-state index in [1.54, 1.807) is 0 Å². The number of aryl methyl sites for hydroxylation is 2. The molecule has 6 heteroatoms. The van der Waals surface area contributed by atoms with Gasteiger partial charge < -0.3 is 14.2 Å². The van der Waals surface area contributed by atoms with E-state index in [1.165, 1.54) is 0 Å². The zero-order valence-corrected chi connectivity index (χ0v) is 20.7. The Kier molecular flexibility index (Phi) is 4.57. The summed E-state index contributed by atoms with van der Waals surface area (Å²) in [7, 11) is 0. The number of rotatable bonds is 3. The SMILES string of the molecule is [CH]c1cccc(C[N+]2(c3cc(C)cc(C)n3)C(=O)C3(COc4cc5c(cc43)OCO5)c3ccccc32)c1. The highest BCUT2D eigenvalue weighted by molar-refractivity contribution is 6.11. The summed E-state index contributed by atoms with van der Waals surface area (Å²) in [6.45, 7) is 10.9. The number of amides is 1. The third-order valence-electron chi connectivity index (χ3n) is 7.71. The van der Waals surface area contributed by atoms with E-state index in [0.717, 1.165) is 33.6 Å². The summed E-state index contributed by atoms with van der Waals surface area (Å²) in [4.78, 5) is 20.2. The first-order valence-electron chi connectivity index (χ1n) is 12.3. The number of carbonyl (C=O) groups excluding carboxylic acids is 1. The molecule has 37 heavy (non-hydrogen) atoms. The maximum atomic E-state index is 15.2. The van der Waals surface area contributed by atoms with Gasteiger partial charge in [0.1, 0.15) is 18.9 Å². The fourth-order valence-corrected chi connectivity index (χ4v) is 6.20. The van der Waals surface area contributed by atoms with Gasteiger partial charge in [0.2, 0.25) is 12.6 Å². The van der Waals surface area contributed by atoms with Crippen molar-refractivity contribution < 1.29 is 19.0 Å². The minimum Gasteiger partial charge on any atom is -0.491 e. The van der Waals surface area contributed by atoms with Crippen LogP contribution in [-0.2, 0) is 16.8 Å². The predicted molar refractivity (Wildman–Crippen MR) is 139 cm³/mol. The maximum absolute atomic E-state index is 15.2. The summed E-state index contributed by atoms with van der Waals surface area (Å²) < 4.78 is 17.4. The fourth-order valence-electron chi connectivity index (χ4n) is 6.20. The Morgan fingerprint density at radius 3 is 2.51 bits per heavy atom. The molecule has 0 saturated carbocycles. The van der Waals surface area contributed by atoms with Crippen LogP contribution in [0.15, 0.2) is 72.8 Å². The van der Waals surface area contributed by atoms with Gasteiger partial charge in [-0.05, 0) is 50.1 Å². The number of hydrogen-bond donors (Lipinski definition) is 0. The molecule has 6 nitrogen and oxygen atoms in total. The summed E-state index contributed by atoms with van der Waals surface area (Å²) in [6, 6.07) is 23.6. The maximum Gasteiger partial charge on any atom is 0.344 e. The highest BCUT2D eigenvalue weighted by Crippen LogP contribution is 2.59. The number of quaternary nitrogens is 1. The van der Waals surface area contributed by atoms with Gasteiger partial charge >= 0.3 is 5.91 Å². The largest absolute Gasteiger partial charge is 0.491 e. The molecule has 3 aliphatic rings. The lowest BCUT2D eigenvalue weighted by molar-refractivity contribution is -0.131. The van der Waals surface area contributed by atoms with Gasteiger partial charge in [-0.15, -0.1) is 0 Å². The molecule has 182 valence electrons. The van der Waals surface area contributed by atoms with E-state index >= 15 is 4.79 Å². The number of para-hydroxylation sites is 1. The van der Waals surface area contributed by atoms with E-state index < -0.39 is 5.41 Å². The molecule has 2 unspecified atom stereocenters. The Bertz CT molecular complexity index is 1590. The minimum absolute atomic E-state index is 0.00811. The molecule has 3 aliphatic heterocycles. The van der Waals surface area contributed by atoms with Gasteiger partial charge in [-0.3, -0.25) is 0 Å². The summed E-state index contributed by atoms with van der Waals surface area (Å²) in [5.41, 5.74) is 5.09. The zero-order valence-electron chi connectivity index (χ0n) is 20.7. The minimum atomic E-state index is -1.02. The quantitative estimate of drug-likeness (QED) is 0.354. The number of carbonyl (C=O) groups is 1. The molecule has 2 radical (unpaired) electrons. The summed E-state index contributed by atoms with van der Waals surface area (Å²) in [6.07, 6.45) is 0. The number of nitrogens with zero attached hydrogens (tertiary/aromatic N) is 2. The number of hydrogen-bond acceptors (Lipinski definition) is 5. The van der Waals surface area contributed by atoms with Crippen molar-refractivity contribution in [2.45, 2.75) is 25.8 Å². The Hall–Kier alpha value is -4.16. The van der Waals surface area contributed by atoms with Crippen molar-refractivity contribution in [3.05, 3.63) is 113 Å². The Morgan fingerprint density at radius 1 is 0.892 bits per heavy atom. The molecule has 1 amide bonds. The molecule has 7 rings (SSSR count). The normalized spacial score (nSPS) is 22.7. The Labute approximate surface area is 215 Å².